The van der Waals surface area contributed by atoms with Crippen LogP contribution in [0.3, 0.4) is 0 Å². The summed E-state index contributed by atoms with van der Waals surface area (Å²) in [6.07, 6.45) is -1.30. The average Bonchev–Trinajstić information content (AvgIpc) is 2.48. The lowest BCUT2D eigenvalue weighted by molar-refractivity contribution is -0.384. The standard InChI is InChI=1S/C15H14N2O5/c1-10-5-3-4-6-14(10)22-11-7-8-12(17(20)21)13(9-11)16(2)15(18)19/h3-9H,1-2H3,(H,18,19). The van der Waals surface area contributed by atoms with E-state index in [-0.39, 0.29) is 11.4 Å². The average molecular weight is 302 g/mol. The van der Waals surface area contributed by atoms with Gasteiger partial charge in [-0.1, -0.05) is 18.2 Å². The molecule has 7 heteroatoms. The van der Waals surface area contributed by atoms with Gasteiger partial charge >= 0.3 is 6.09 Å². The molecule has 0 bridgehead atoms. The van der Waals surface area contributed by atoms with Crippen LogP contribution >= 0.6 is 0 Å². The molecule has 7 nitrogen and oxygen atoms in total. The fourth-order valence-corrected chi connectivity index (χ4v) is 1.89. The van der Waals surface area contributed by atoms with E-state index in [1.807, 2.05) is 19.1 Å². The van der Waals surface area contributed by atoms with Gasteiger partial charge in [0.2, 0.25) is 0 Å². The van der Waals surface area contributed by atoms with Crippen LogP contribution < -0.4 is 9.64 Å². The van der Waals surface area contributed by atoms with Gasteiger partial charge in [0.15, 0.2) is 0 Å². The maximum Gasteiger partial charge on any atom is 0.411 e. The normalized spacial score (nSPS) is 10.1. The number of hydrogen-bond acceptors (Lipinski definition) is 4. The predicted molar refractivity (Wildman–Crippen MR) is 80.8 cm³/mol. The van der Waals surface area contributed by atoms with E-state index < -0.39 is 11.0 Å². The van der Waals surface area contributed by atoms with E-state index in [0.29, 0.717) is 11.5 Å². The molecule has 0 atom stereocenters. The molecule has 114 valence electrons. The quantitative estimate of drug-likeness (QED) is 0.684. The Bertz CT molecular complexity index is 730. The molecule has 0 saturated carbocycles. The summed E-state index contributed by atoms with van der Waals surface area (Å²) in [6, 6.07) is 11.3. The van der Waals surface area contributed by atoms with Crippen LogP contribution in [-0.4, -0.2) is 23.2 Å². The van der Waals surface area contributed by atoms with Crippen molar-refractivity contribution in [3.8, 4) is 11.5 Å². The monoisotopic (exact) mass is 302 g/mol. The first-order valence-electron chi connectivity index (χ1n) is 6.38. The first kappa shape index (κ1) is 15.3. The van der Waals surface area contributed by atoms with Crippen LogP contribution in [0.25, 0.3) is 0 Å². The molecule has 0 aliphatic rings. The Morgan fingerprint density at radius 2 is 1.95 bits per heavy atom. The van der Waals surface area contributed by atoms with Gasteiger partial charge in [0, 0.05) is 19.2 Å². The molecule has 1 N–H and O–H groups in total. The molecule has 2 rings (SSSR count). The van der Waals surface area contributed by atoms with Crippen LogP contribution in [0.5, 0.6) is 11.5 Å². The summed E-state index contributed by atoms with van der Waals surface area (Å²) >= 11 is 0. The van der Waals surface area contributed by atoms with Crippen molar-refractivity contribution in [3.05, 3.63) is 58.1 Å². The Labute approximate surface area is 126 Å². The van der Waals surface area contributed by atoms with Crippen LogP contribution in [0.2, 0.25) is 0 Å². The predicted octanol–water partition coefficient (Wildman–Crippen LogP) is 3.81. The van der Waals surface area contributed by atoms with E-state index in [9.17, 15) is 14.9 Å². The second-order valence-corrected chi connectivity index (χ2v) is 4.62. The van der Waals surface area contributed by atoms with Crippen molar-refractivity contribution in [1.29, 1.82) is 0 Å². The van der Waals surface area contributed by atoms with E-state index in [2.05, 4.69) is 0 Å². The fourth-order valence-electron chi connectivity index (χ4n) is 1.89. The van der Waals surface area contributed by atoms with Crippen LogP contribution in [0.4, 0.5) is 16.2 Å². The van der Waals surface area contributed by atoms with Gasteiger partial charge in [-0.2, -0.15) is 0 Å². The molecule has 0 unspecified atom stereocenters. The number of rotatable bonds is 4. The Balaban J connectivity index is 2.43. The summed E-state index contributed by atoms with van der Waals surface area (Å²) in [5, 5.41) is 20.0. The van der Waals surface area contributed by atoms with Gasteiger partial charge in [0.25, 0.3) is 5.69 Å². The van der Waals surface area contributed by atoms with Gasteiger partial charge in [-0.3, -0.25) is 15.0 Å². The molecule has 0 radical (unpaired) electrons. The van der Waals surface area contributed by atoms with Gasteiger partial charge < -0.3 is 9.84 Å². The summed E-state index contributed by atoms with van der Waals surface area (Å²) < 4.78 is 5.67. The SMILES string of the molecule is Cc1ccccc1Oc1ccc([N+](=O)[O-])c(N(C)C(=O)O)c1. The Morgan fingerprint density at radius 1 is 1.27 bits per heavy atom. The molecule has 2 aromatic rings. The summed E-state index contributed by atoms with van der Waals surface area (Å²) in [6.45, 7) is 1.87. The van der Waals surface area contributed by atoms with Crippen molar-refractivity contribution in [3.63, 3.8) is 0 Å². The van der Waals surface area contributed by atoms with Crippen molar-refractivity contribution in [2.24, 2.45) is 0 Å². The first-order chi connectivity index (χ1) is 10.4. The lowest BCUT2D eigenvalue weighted by atomic mass is 10.2. The molecule has 0 heterocycles. The minimum Gasteiger partial charge on any atom is -0.465 e. The number of hydrogen-bond donors (Lipinski definition) is 1. The van der Waals surface area contributed by atoms with Gasteiger partial charge in [0.05, 0.1) is 4.92 Å². The topological polar surface area (TPSA) is 92.9 Å². The van der Waals surface area contributed by atoms with E-state index in [1.165, 1.54) is 25.2 Å². The molecule has 0 aliphatic heterocycles. The van der Waals surface area contributed by atoms with Crippen LogP contribution in [-0.2, 0) is 0 Å². The maximum atomic E-state index is 11.1. The summed E-state index contributed by atoms with van der Waals surface area (Å²) in [4.78, 5) is 22.2. The maximum absolute atomic E-state index is 11.1. The highest BCUT2D eigenvalue weighted by Crippen LogP contribution is 2.34. The van der Waals surface area contributed by atoms with Crippen molar-refractivity contribution >= 4 is 17.5 Å². The third-order valence-corrected chi connectivity index (χ3v) is 3.11. The smallest absolute Gasteiger partial charge is 0.411 e. The lowest BCUT2D eigenvalue weighted by Crippen LogP contribution is -2.24. The molecular formula is C15H14N2O5. The number of nitro benzene ring substituents is 1. The number of ether oxygens (including phenoxy) is 1. The third-order valence-electron chi connectivity index (χ3n) is 3.11. The number of para-hydroxylation sites is 1. The molecule has 0 fully saturated rings. The highest BCUT2D eigenvalue weighted by molar-refractivity contribution is 5.89. The Morgan fingerprint density at radius 3 is 2.55 bits per heavy atom. The van der Waals surface area contributed by atoms with Crippen molar-refractivity contribution in [2.75, 3.05) is 11.9 Å². The van der Waals surface area contributed by atoms with Gasteiger partial charge in [-0.05, 0) is 24.6 Å². The van der Waals surface area contributed by atoms with E-state index in [1.54, 1.807) is 12.1 Å². The number of amides is 1. The number of nitrogens with zero attached hydrogens (tertiary/aromatic N) is 2. The van der Waals surface area contributed by atoms with Gasteiger partial charge in [0.1, 0.15) is 17.2 Å². The number of carbonyl (C=O) groups is 1. The van der Waals surface area contributed by atoms with Crippen LogP contribution in [0.1, 0.15) is 5.56 Å². The zero-order chi connectivity index (χ0) is 16.3. The molecular weight excluding hydrogens is 288 g/mol. The molecule has 0 spiro atoms. The van der Waals surface area contributed by atoms with Crippen LogP contribution in [0.15, 0.2) is 42.5 Å². The Hall–Kier alpha value is -3.09. The van der Waals surface area contributed by atoms with Gasteiger partial charge in [-0.15, -0.1) is 0 Å². The van der Waals surface area contributed by atoms with E-state index in [0.717, 1.165) is 10.5 Å². The molecule has 0 aliphatic carbocycles. The van der Waals surface area contributed by atoms with Crippen molar-refractivity contribution in [1.82, 2.24) is 0 Å². The Kier molecular flexibility index (Phi) is 4.26. The fraction of sp³-hybridized carbons (Fsp3) is 0.133. The number of anilines is 1. The minimum atomic E-state index is -1.30. The highest BCUT2D eigenvalue weighted by atomic mass is 16.6. The summed E-state index contributed by atoms with van der Waals surface area (Å²) in [5.41, 5.74) is 0.541. The van der Waals surface area contributed by atoms with Crippen molar-refractivity contribution < 1.29 is 19.6 Å². The number of aryl methyl sites for hydroxylation is 1. The largest absolute Gasteiger partial charge is 0.465 e. The molecule has 2 aromatic carbocycles. The molecule has 0 aromatic heterocycles. The number of carboxylic acid groups (broad SMARTS) is 1. The lowest BCUT2D eigenvalue weighted by Gasteiger charge is -2.15. The summed E-state index contributed by atoms with van der Waals surface area (Å²) in [5.74, 6) is 0.920. The summed E-state index contributed by atoms with van der Waals surface area (Å²) in [7, 11) is 1.24. The zero-order valence-corrected chi connectivity index (χ0v) is 12.0. The number of benzene rings is 2. The highest BCUT2D eigenvalue weighted by Gasteiger charge is 2.22. The molecule has 22 heavy (non-hydrogen) atoms. The van der Waals surface area contributed by atoms with Crippen LogP contribution in [0, 0.1) is 17.0 Å². The zero-order valence-electron chi connectivity index (χ0n) is 12.0. The van der Waals surface area contributed by atoms with Gasteiger partial charge in [-0.25, -0.2) is 4.79 Å². The second-order valence-electron chi connectivity index (χ2n) is 4.62. The van der Waals surface area contributed by atoms with E-state index in [4.69, 9.17) is 9.84 Å². The minimum absolute atomic E-state index is 0.0522. The first-order valence-corrected chi connectivity index (χ1v) is 6.38. The third kappa shape index (κ3) is 3.14. The molecule has 0 saturated heterocycles. The molecule has 1 amide bonds. The van der Waals surface area contributed by atoms with E-state index >= 15 is 0 Å². The second kappa shape index (κ2) is 6.13. The van der Waals surface area contributed by atoms with Crippen molar-refractivity contribution in [2.45, 2.75) is 6.92 Å². The number of nitro groups is 1.